The zero-order valence-corrected chi connectivity index (χ0v) is 71.3. The third-order valence-electron chi connectivity index (χ3n) is 24.7. The fourth-order valence-electron chi connectivity index (χ4n) is 17.5. The first-order valence-corrected chi connectivity index (χ1v) is 47.0. The number of rotatable bonds is 66. The SMILES string of the molecule is CCCCCCCCCc1ccc(CCc2c(CCc3ccc(CCCCCCCCC)cc3)c(CCc3ccc(CCCCCCCCC)cc3)c(CCc3ccc(CCCCCCCCC)cc3)c(CCc3ccc(CCCCCCCCC)cc3)c2CCc2ccc(CCCCCCCCC)cc2)cc1. The summed E-state index contributed by atoms with van der Waals surface area (Å²) in [6, 6.07) is 60.4. The van der Waals surface area contributed by atoms with E-state index in [-0.39, 0.29) is 0 Å². The molecule has 0 heteroatoms. The standard InChI is InChI=1S/C108H162/c1-7-13-19-25-31-37-43-49-91-55-67-97(68-56-91)79-85-103-104(86-80-98-69-57-92(58-70-98)50-44-38-32-26-20-14-8-2)106(88-82-100-73-61-94(62-74-100)52-46-40-34-28-22-16-10-4)108(90-84-102-77-65-96(66-78-102)54-48-42-36-30-24-18-12-6)107(89-83-101-75-63-95(64-76-101)53-47-41-35-29-23-17-11-5)105(103)87-81-99-71-59-93(60-72-99)51-45-39-33-27-21-15-9-3/h55-78H,7-54,79-90H2,1-6H3. The van der Waals surface area contributed by atoms with Gasteiger partial charge in [0.2, 0.25) is 0 Å². The normalized spacial score (nSPS) is 11.6. The topological polar surface area (TPSA) is 0 Å². The van der Waals surface area contributed by atoms with E-state index in [1.807, 2.05) is 0 Å². The molecular weight excluding hydrogens is 1300 g/mol. The van der Waals surface area contributed by atoms with Crippen molar-refractivity contribution in [2.45, 2.75) is 427 Å². The Balaban J connectivity index is 1.33. The van der Waals surface area contributed by atoms with Crippen LogP contribution in [0.15, 0.2) is 146 Å². The van der Waals surface area contributed by atoms with Crippen LogP contribution in [-0.2, 0) is 116 Å². The summed E-state index contributed by atoms with van der Waals surface area (Å²) in [4.78, 5) is 0. The molecule has 0 amide bonds. The molecule has 0 unspecified atom stereocenters. The van der Waals surface area contributed by atoms with E-state index in [0.717, 1.165) is 77.0 Å². The molecule has 108 heavy (non-hydrogen) atoms. The lowest BCUT2D eigenvalue weighted by molar-refractivity contribution is 0.589. The Morgan fingerprint density at radius 3 is 0.306 bits per heavy atom. The van der Waals surface area contributed by atoms with Gasteiger partial charge in [-0.1, -0.05) is 418 Å². The van der Waals surface area contributed by atoms with Crippen LogP contribution in [0.5, 0.6) is 0 Å². The van der Waals surface area contributed by atoms with Crippen molar-refractivity contribution in [3.63, 3.8) is 0 Å². The molecule has 0 N–H and O–H groups in total. The average molecular weight is 1460 g/mol. The molecule has 594 valence electrons. The van der Waals surface area contributed by atoms with Gasteiger partial charge in [-0.15, -0.1) is 0 Å². The lowest BCUT2D eigenvalue weighted by Gasteiger charge is -2.28. The highest BCUT2D eigenvalue weighted by Crippen LogP contribution is 2.37. The van der Waals surface area contributed by atoms with E-state index in [2.05, 4.69) is 187 Å². The molecule has 0 aliphatic heterocycles. The second-order valence-corrected chi connectivity index (χ2v) is 34.0. The summed E-state index contributed by atoms with van der Waals surface area (Å²) in [5, 5.41) is 0. The highest BCUT2D eigenvalue weighted by Gasteiger charge is 2.25. The second kappa shape index (κ2) is 58.4. The minimum absolute atomic E-state index is 1.07. The summed E-state index contributed by atoms with van der Waals surface area (Å²) in [5.41, 5.74) is 28.3. The third kappa shape index (κ3) is 37.7. The van der Waals surface area contributed by atoms with Crippen LogP contribution in [0.3, 0.4) is 0 Å². The third-order valence-corrected chi connectivity index (χ3v) is 24.7. The lowest BCUT2D eigenvalue weighted by Crippen LogP contribution is -2.18. The Labute approximate surface area is 668 Å². The molecule has 0 spiro atoms. The van der Waals surface area contributed by atoms with E-state index in [1.165, 1.54) is 375 Å². The first-order chi connectivity index (χ1) is 53.4. The van der Waals surface area contributed by atoms with Crippen molar-refractivity contribution in [1.29, 1.82) is 0 Å². The highest BCUT2D eigenvalue weighted by molar-refractivity contribution is 5.55. The molecule has 7 aromatic rings. The van der Waals surface area contributed by atoms with Crippen LogP contribution in [0.2, 0.25) is 0 Å². The maximum Gasteiger partial charge on any atom is -0.0233 e. The first-order valence-electron chi connectivity index (χ1n) is 47.0. The molecule has 0 bridgehead atoms. The zero-order chi connectivity index (χ0) is 75.8. The summed E-state index contributed by atoms with van der Waals surface area (Å²) in [5.74, 6) is 0. The molecule has 0 radical (unpaired) electrons. The molecule has 0 nitrogen and oxygen atoms in total. The predicted octanol–water partition coefficient (Wildman–Crippen LogP) is 32.2. The van der Waals surface area contributed by atoms with Gasteiger partial charge >= 0.3 is 0 Å². The maximum atomic E-state index is 2.53. The molecule has 0 aromatic heterocycles. The maximum absolute atomic E-state index is 2.53. The molecular formula is C108H162. The van der Waals surface area contributed by atoms with Crippen molar-refractivity contribution in [3.05, 3.63) is 246 Å². The Morgan fingerprint density at radius 1 is 0.102 bits per heavy atom. The summed E-state index contributed by atoms with van der Waals surface area (Å²) in [6.07, 6.45) is 77.3. The van der Waals surface area contributed by atoms with E-state index >= 15 is 0 Å². The molecule has 0 fully saturated rings. The van der Waals surface area contributed by atoms with E-state index in [1.54, 1.807) is 33.4 Å². The van der Waals surface area contributed by atoms with Crippen LogP contribution in [-0.4, -0.2) is 0 Å². The molecule has 7 rings (SSSR count). The van der Waals surface area contributed by atoms with Crippen LogP contribution in [0.4, 0.5) is 0 Å². The van der Waals surface area contributed by atoms with Crippen molar-refractivity contribution in [3.8, 4) is 0 Å². The highest BCUT2D eigenvalue weighted by atomic mass is 14.3. The number of hydrogen-bond acceptors (Lipinski definition) is 0. The zero-order valence-electron chi connectivity index (χ0n) is 71.3. The summed E-state index contributed by atoms with van der Waals surface area (Å²) in [7, 11) is 0. The van der Waals surface area contributed by atoms with E-state index in [0.29, 0.717) is 0 Å². The van der Waals surface area contributed by atoms with Crippen LogP contribution < -0.4 is 0 Å². The van der Waals surface area contributed by atoms with Crippen LogP contribution in [0, 0.1) is 0 Å². The minimum Gasteiger partial charge on any atom is -0.0654 e. The van der Waals surface area contributed by atoms with Gasteiger partial charge in [-0.25, -0.2) is 0 Å². The summed E-state index contributed by atoms with van der Waals surface area (Å²) in [6.45, 7) is 14.0. The number of benzene rings is 7. The van der Waals surface area contributed by atoms with Gasteiger partial charge in [0.25, 0.3) is 0 Å². The molecule has 0 saturated heterocycles. The van der Waals surface area contributed by atoms with Gasteiger partial charge in [-0.3, -0.25) is 0 Å². The Morgan fingerprint density at radius 2 is 0.194 bits per heavy atom. The van der Waals surface area contributed by atoms with Gasteiger partial charge in [0.1, 0.15) is 0 Å². The van der Waals surface area contributed by atoms with E-state index in [4.69, 9.17) is 0 Å². The largest absolute Gasteiger partial charge is 0.0654 e. The number of hydrogen-bond donors (Lipinski definition) is 0. The van der Waals surface area contributed by atoms with Gasteiger partial charge in [-0.2, -0.15) is 0 Å². The molecule has 0 aliphatic carbocycles. The number of aryl methyl sites for hydroxylation is 12. The van der Waals surface area contributed by atoms with Crippen molar-refractivity contribution in [1.82, 2.24) is 0 Å². The molecule has 0 aliphatic rings. The van der Waals surface area contributed by atoms with Gasteiger partial charge in [0.15, 0.2) is 0 Å². The molecule has 0 saturated carbocycles. The monoisotopic (exact) mass is 1460 g/mol. The Kier molecular flexibility index (Phi) is 48.5. The predicted molar refractivity (Wildman–Crippen MR) is 480 cm³/mol. The second-order valence-electron chi connectivity index (χ2n) is 34.0. The van der Waals surface area contributed by atoms with Gasteiger partial charge < -0.3 is 0 Å². The quantitative estimate of drug-likeness (QED) is 0.0333. The van der Waals surface area contributed by atoms with Gasteiger partial charge in [0.05, 0.1) is 0 Å². The smallest absolute Gasteiger partial charge is 0.0233 e. The minimum atomic E-state index is 1.07. The van der Waals surface area contributed by atoms with E-state index < -0.39 is 0 Å². The summed E-state index contributed by atoms with van der Waals surface area (Å²) >= 11 is 0. The van der Waals surface area contributed by atoms with Gasteiger partial charge in [0, 0.05) is 0 Å². The molecule has 0 heterocycles. The van der Waals surface area contributed by atoms with Crippen molar-refractivity contribution in [2.24, 2.45) is 0 Å². The van der Waals surface area contributed by atoms with E-state index in [9.17, 15) is 0 Å². The van der Waals surface area contributed by atoms with Crippen LogP contribution >= 0.6 is 0 Å². The van der Waals surface area contributed by atoms with Crippen molar-refractivity contribution >= 4 is 0 Å². The van der Waals surface area contributed by atoms with Crippen LogP contribution in [0.25, 0.3) is 0 Å². The van der Waals surface area contributed by atoms with Crippen molar-refractivity contribution in [2.75, 3.05) is 0 Å². The van der Waals surface area contributed by atoms with Gasteiger partial charge in [-0.05, 0) is 254 Å². The Hall–Kier alpha value is -5.46. The lowest BCUT2D eigenvalue weighted by atomic mass is 9.76. The first kappa shape index (κ1) is 89.7. The summed E-state index contributed by atoms with van der Waals surface area (Å²) < 4.78 is 0. The number of unbranched alkanes of at least 4 members (excludes halogenated alkanes) is 36. The Bertz CT molecular complexity index is 2680. The molecule has 0 atom stereocenters. The average Bonchev–Trinajstić information content (AvgIpc) is 0.762. The molecule has 7 aromatic carbocycles. The van der Waals surface area contributed by atoms with Crippen LogP contribution in [0.1, 0.15) is 411 Å². The fourth-order valence-corrected chi connectivity index (χ4v) is 17.5. The van der Waals surface area contributed by atoms with Crippen molar-refractivity contribution < 1.29 is 0 Å². The fraction of sp³-hybridized carbons (Fsp3) is 0.611.